The molecule has 0 aromatic heterocycles. The molecule has 0 heterocycles. The Hall–Kier alpha value is -2.89. The summed E-state index contributed by atoms with van der Waals surface area (Å²) in [5.41, 5.74) is 1.08. The van der Waals surface area contributed by atoms with Gasteiger partial charge in [-0.25, -0.2) is 4.39 Å². The molecule has 0 spiro atoms. The van der Waals surface area contributed by atoms with Crippen LogP contribution in [0.3, 0.4) is 0 Å². The number of hydrogen-bond acceptors (Lipinski definition) is 3. The van der Waals surface area contributed by atoms with Crippen LogP contribution in [0.2, 0.25) is 0 Å². The van der Waals surface area contributed by atoms with Crippen LogP contribution in [0.25, 0.3) is 0 Å². The van der Waals surface area contributed by atoms with E-state index in [1.807, 2.05) is 30.3 Å². The van der Waals surface area contributed by atoms with Crippen LogP contribution in [0.1, 0.15) is 38.2 Å². The van der Waals surface area contributed by atoms with Crippen molar-refractivity contribution < 1.29 is 18.7 Å². The molecule has 0 bridgehead atoms. The molecule has 160 valence electrons. The van der Waals surface area contributed by atoms with Crippen LogP contribution < -0.4 is 10.1 Å². The van der Waals surface area contributed by atoms with Gasteiger partial charge in [0.25, 0.3) is 5.91 Å². The first-order chi connectivity index (χ1) is 14.5. The Balaban J connectivity index is 1.66. The summed E-state index contributed by atoms with van der Waals surface area (Å²) in [5.74, 6) is -0.998. The summed E-state index contributed by atoms with van der Waals surface area (Å²) in [4.78, 5) is 27.2. The molecule has 1 aliphatic carbocycles. The Bertz CT molecular complexity index is 837. The Morgan fingerprint density at radius 3 is 2.47 bits per heavy atom. The fourth-order valence-electron chi connectivity index (χ4n) is 3.75. The number of carbonyl (C=O) groups excluding carboxylic acids is 2. The maximum atomic E-state index is 13.8. The third kappa shape index (κ3) is 6.05. The van der Waals surface area contributed by atoms with E-state index in [0.29, 0.717) is 13.0 Å². The van der Waals surface area contributed by atoms with Crippen LogP contribution in [-0.2, 0) is 16.0 Å². The lowest BCUT2D eigenvalue weighted by Crippen LogP contribution is -2.51. The van der Waals surface area contributed by atoms with Gasteiger partial charge in [-0.3, -0.25) is 9.59 Å². The summed E-state index contributed by atoms with van der Waals surface area (Å²) >= 11 is 0. The van der Waals surface area contributed by atoms with Gasteiger partial charge in [0.15, 0.2) is 18.2 Å². The third-order valence-corrected chi connectivity index (χ3v) is 5.54. The monoisotopic (exact) mass is 412 g/mol. The zero-order valence-electron chi connectivity index (χ0n) is 17.4. The van der Waals surface area contributed by atoms with Crippen molar-refractivity contribution in [2.75, 3.05) is 13.2 Å². The molecular weight excluding hydrogens is 383 g/mol. The van der Waals surface area contributed by atoms with Crippen LogP contribution in [0.15, 0.2) is 54.6 Å². The maximum Gasteiger partial charge on any atom is 0.261 e. The number of benzene rings is 2. The maximum absolute atomic E-state index is 13.8. The lowest BCUT2D eigenvalue weighted by Gasteiger charge is -2.29. The van der Waals surface area contributed by atoms with Gasteiger partial charge >= 0.3 is 0 Å². The minimum atomic E-state index is -0.633. The van der Waals surface area contributed by atoms with E-state index >= 15 is 0 Å². The molecule has 30 heavy (non-hydrogen) atoms. The van der Waals surface area contributed by atoms with Crippen molar-refractivity contribution in [3.8, 4) is 5.75 Å². The number of nitrogens with zero attached hydrogens (tertiary/aromatic N) is 1. The van der Waals surface area contributed by atoms with E-state index in [-0.39, 0.29) is 30.2 Å². The van der Waals surface area contributed by atoms with E-state index in [4.69, 9.17) is 4.74 Å². The lowest BCUT2D eigenvalue weighted by molar-refractivity contribution is -0.141. The first-order valence-corrected chi connectivity index (χ1v) is 10.6. The van der Waals surface area contributed by atoms with Crippen molar-refractivity contribution in [3.05, 3.63) is 66.0 Å². The van der Waals surface area contributed by atoms with Gasteiger partial charge in [0.2, 0.25) is 5.91 Å². The van der Waals surface area contributed by atoms with Crippen LogP contribution in [0.4, 0.5) is 4.39 Å². The molecule has 2 aromatic carbocycles. The molecule has 5 nitrogen and oxygen atoms in total. The average molecular weight is 413 g/mol. The molecule has 6 heteroatoms. The Morgan fingerprint density at radius 2 is 1.77 bits per heavy atom. The summed E-state index contributed by atoms with van der Waals surface area (Å²) in [6.07, 6.45) is 4.81. The fourth-order valence-corrected chi connectivity index (χ4v) is 3.75. The van der Waals surface area contributed by atoms with Crippen molar-refractivity contribution in [2.24, 2.45) is 0 Å². The van der Waals surface area contributed by atoms with E-state index in [0.717, 1.165) is 31.2 Å². The minimum Gasteiger partial charge on any atom is -0.481 e. The van der Waals surface area contributed by atoms with Crippen molar-refractivity contribution >= 4 is 11.8 Å². The summed E-state index contributed by atoms with van der Waals surface area (Å²) < 4.78 is 19.2. The van der Waals surface area contributed by atoms with E-state index in [1.165, 1.54) is 17.0 Å². The molecule has 3 rings (SSSR count). The molecule has 1 saturated carbocycles. The van der Waals surface area contributed by atoms with Crippen molar-refractivity contribution in [2.45, 2.75) is 51.1 Å². The van der Waals surface area contributed by atoms with E-state index in [1.54, 1.807) is 19.1 Å². The number of carbonyl (C=O) groups is 2. The zero-order chi connectivity index (χ0) is 21.3. The summed E-state index contributed by atoms with van der Waals surface area (Å²) in [6.45, 7) is 1.79. The molecule has 1 atom stereocenters. The standard InChI is InChI=1S/C24H29FN2O3/c1-18(24(29)26-20-11-5-6-12-20)27(16-15-19-9-3-2-4-10-19)23(28)17-30-22-14-8-7-13-21(22)25/h2-4,7-10,13-14,18,20H,5-6,11-12,15-17H2,1H3,(H,26,29)/t18-/m0/s1. The predicted octanol–water partition coefficient (Wildman–Crippen LogP) is 3.72. The zero-order valence-corrected chi connectivity index (χ0v) is 17.4. The van der Waals surface area contributed by atoms with Gasteiger partial charge < -0.3 is 15.0 Å². The lowest BCUT2D eigenvalue weighted by atomic mass is 10.1. The second-order valence-corrected chi connectivity index (χ2v) is 7.71. The van der Waals surface area contributed by atoms with Gasteiger partial charge in [-0.2, -0.15) is 0 Å². The number of amides is 2. The molecule has 2 aromatic rings. The molecular formula is C24H29FN2O3. The minimum absolute atomic E-state index is 0.0249. The normalized spacial score (nSPS) is 14.9. The average Bonchev–Trinajstić information content (AvgIpc) is 3.27. The summed E-state index contributed by atoms with van der Waals surface area (Å²) in [7, 11) is 0. The first kappa shape index (κ1) is 21.8. The van der Waals surface area contributed by atoms with E-state index < -0.39 is 11.9 Å². The molecule has 0 saturated heterocycles. The molecule has 0 aliphatic heterocycles. The quantitative estimate of drug-likeness (QED) is 0.683. The Morgan fingerprint density at radius 1 is 1.10 bits per heavy atom. The molecule has 0 unspecified atom stereocenters. The fraction of sp³-hybridized carbons (Fsp3) is 0.417. The van der Waals surface area contributed by atoms with Gasteiger partial charge in [-0.15, -0.1) is 0 Å². The first-order valence-electron chi connectivity index (χ1n) is 10.6. The highest BCUT2D eigenvalue weighted by molar-refractivity contribution is 5.88. The van der Waals surface area contributed by atoms with Crippen molar-refractivity contribution in [1.29, 1.82) is 0 Å². The van der Waals surface area contributed by atoms with Gasteiger partial charge in [-0.1, -0.05) is 55.3 Å². The molecule has 1 aliphatic rings. The number of halogens is 1. The van der Waals surface area contributed by atoms with Crippen LogP contribution in [0.5, 0.6) is 5.75 Å². The second kappa shape index (κ2) is 10.8. The smallest absolute Gasteiger partial charge is 0.261 e. The number of ether oxygens (including phenoxy) is 1. The summed E-state index contributed by atoms with van der Waals surface area (Å²) in [5, 5.41) is 3.06. The van der Waals surface area contributed by atoms with Gasteiger partial charge in [-0.05, 0) is 43.9 Å². The van der Waals surface area contributed by atoms with Crippen LogP contribution in [-0.4, -0.2) is 41.9 Å². The number of para-hydroxylation sites is 1. The molecule has 1 fully saturated rings. The number of hydrogen-bond donors (Lipinski definition) is 1. The van der Waals surface area contributed by atoms with E-state index in [9.17, 15) is 14.0 Å². The highest BCUT2D eigenvalue weighted by atomic mass is 19.1. The summed E-state index contributed by atoms with van der Waals surface area (Å²) in [6, 6.07) is 15.3. The Kier molecular flexibility index (Phi) is 7.82. The SMILES string of the molecule is C[C@@H](C(=O)NC1CCCC1)N(CCc1ccccc1)C(=O)COc1ccccc1F. The largest absolute Gasteiger partial charge is 0.481 e. The number of rotatable bonds is 9. The predicted molar refractivity (Wildman–Crippen MR) is 114 cm³/mol. The topological polar surface area (TPSA) is 58.6 Å². The second-order valence-electron chi connectivity index (χ2n) is 7.71. The van der Waals surface area contributed by atoms with Gasteiger partial charge in [0.05, 0.1) is 0 Å². The van der Waals surface area contributed by atoms with Gasteiger partial charge in [0, 0.05) is 12.6 Å². The van der Waals surface area contributed by atoms with E-state index in [2.05, 4.69) is 5.32 Å². The van der Waals surface area contributed by atoms with Crippen LogP contribution in [0, 0.1) is 5.82 Å². The van der Waals surface area contributed by atoms with Crippen molar-refractivity contribution in [1.82, 2.24) is 10.2 Å². The molecule has 2 amide bonds. The molecule has 0 radical (unpaired) electrons. The van der Waals surface area contributed by atoms with Crippen molar-refractivity contribution in [3.63, 3.8) is 0 Å². The third-order valence-electron chi connectivity index (χ3n) is 5.54. The highest BCUT2D eigenvalue weighted by Gasteiger charge is 2.28. The molecule has 1 N–H and O–H groups in total. The highest BCUT2D eigenvalue weighted by Crippen LogP contribution is 2.19. The number of nitrogens with one attached hydrogen (secondary N) is 1. The van der Waals surface area contributed by atoms with Crippen LogP contribution >= 0.6 is 0 Å². The Labute approximate surface area is 177 Å². The van der Waals surface area contributed by atoms with Gasteiger partial charge in [0.1, 0.15) is 6.04 Å².